The first-order chi connectivity index (χ1) is 31.7. The first-order valence-electron chi connectivity index (χ1n) is 20.7. The van der Waals surface area contributed by atoms with Crippen LogP contribution in [0.4, 0.5) is 0 Å². The van der Waals surface area contributed by atoms with E-state index in [2.05, 4.69) is 204 Å². The van der Waals surface area contributed by atoms with Gasteiger partial charge in [-0.05, 0) is 72.8 Å². The molecule has 0 aliphatic rings. The quantitative estimate of drug-likeness (QED) is 0.0772. The first-order valence-corrected chi connectivity index (χ1v) is 23.7. The summed E-state index contributed by atoms with van der Waals surface area (Å²) in [6.45, 7) is 7.80. The van der Waals surface area contributed by atoms with Crippen molar-refractivity contribution >= 4 is 47.7 Å². The summed E-state index contributed by atoms with van der Waals surface area (Å²) in [4.78, 5) is 0. The minimum Gasteiger partial charge on any atom is -0.582 e. The SMILES string of the molecule is [CH2-]c1ccccc1Oc1ccccc1[CH2-].[Cu+].[Cu].c1ccc([PH+](c2ccccc2)c2ccccc2Oc2ccccc2[PH+](c2ccccc2)c2ccccc2)cc1.c1cn[n-]c1.c1cn[n-]c1. The fraction of sp³-hybridized carbons (Fsp3) is 0. The van der Waals surface area contributed by atoms with Gasteiger partial charge >= 0.3 is 17.1 Å². The molecule has 0 bridgehead atoms. The van der Waals surface area contributed by atoms with E-state index in [1.54, 1.807) is 36.9 Å². The van der Waals surface area contributed by atoms with Crippen molar-refractivity contribution in [1.29, 1.82) is 0 Å². The molecule has 10 heteroatoms. The summed E-state index contributed by atoms with van der Waals surface area (Å²) in [5.41, 5.74) is 1.75. The molecule has 10 aromatic rings. The van der Waals surface area contributed by atoms with Gasteiger partial charge in [-0.15, -0.1) is 12.1 Å². The summed E-state index contributed by atoms with van der Waals surface area (Å²) in [5.74, 6) is 3.39. The van der Waals surface area contributed by atoms with Crippen LogP contribution < -0.4 is 51.5 Å². The molecule has 1 radical (unpaired) electrons. The second kappa shape index (κ2) is 27.7. The van der Waals surface area contributed by atoms with Gasteiger partial charge in [0.05, 0.1) is 0 Å². The smallest absolute Gasteiger partial charge is 0.582 e. The summed E-state index contributed by atoms with van der Waals surface area (Å²) in [6.07, 6.45) is 6.56. The maximum Gasteiger partial charge on any atom is 1.00 e. The van der Waals surface area contributed by atoms with Gasteiger partial charge in [-0.25, -0.2) is 0 Å². The summed E-state index contributed by atoms with van der Waals surface area (Å²) >= 11 is 0. The van der Waals surface area contributed by atoms with Crippen LogP contribution >= 0.6 is 15.8 Å². The molecule has 0 saturated carbocycles. The third-order valence-electron chi connectivity index (χ3n) is 9.69. The van der Waals surface area contributed by atoms with Gasteiger partial charge in [0, 0.05) is 41.0 Å². The number of nitrogens with zero attached hydrogens (tertiary/aromatic N) is 4. The van der Waals surface area contributed by atoms with Crippen molar-refractivity contribution in [3.8, 4) is 23.0 Å². The third kappa shape index (κ3) is 14.7. The number of ether oxygens (including phenoxy) is 2. The molecule has 0 saturated heterocycles. The Morgan fingerprint density at radius 3 is 0.879 bits per heavy atom. The fourth-order valence-electron chi connectivity index (χ4n) is 6.73. The van der Waals surface area contributed by atoms with E-state index in [-0.39, 0.29) is 34.1 Å². The predicted octanol–water partition coefficient (Wildman–Crippen LogP) is 10.4. The van der Waals surface area contributed by atoms with Gasteiger partial charge in [-0.1, -0.05) is 133 Å². The van der Waals surface area contributed by atoms with Gasteiger partial charge in [-0.3, -0.25) is 0 Å². The zero-order chi connectivity index (χ0) is 44.0. The molecule has 0 fully saturated rings. The summed E-state index contributed by atoms with van der Waals surface area (Å²) in [5, 5.41) is 21.8. The van der Waals surface area contributed by atoms with Gasteiger partial charge in [0.25, 0.3) is 0 Å². The molecular formula is C56H48Cu2N4O2P2-. The van der Waals surface area contributed by atoms with Crippen LogP contribution in [0.15, 0.2) is 255 Å². The molecule has 2 aromatic heterocycles. The second-order valence-electron chi connectivity index (χ2n) is 14.1. The average molecular weight is 998 g/mol. The molecule has 0 amide bonds. The predicted molar refractivity (Wildman–Crippen MR) is 270 cm³/mol. The van der Waals surface area contributed by atoms with Crippen LogP contribution in [-0.2, 0) is 34.1 Å². The van der Waals surface area contributed by atoms with E-state index >= 15 is 0 Å². The molecular weight excluding hydrogens is 950 g/mol. The molecule has 8 aromatic carbocycles. The number of benzene rings is 8. The monoisotopic (exact) mass is 996 g/mol. The number of rotatable bonds is 10. The van der Waals surface area contributed by atoms with Crippen molar-refractivity contribution < 1.29 is 43.6 Å². The molecule has 337 valence electrons. The van der Waals surface area contributed by atoms with Crippen LogP contribution in [0, 0.1) is 13.8 Å². The van der Waals surface area contributed by atoms with E-state index in [4.69, 9.17) is 9.47 Å². The van der Waals surface area contributed by atoms with E-state index in [1.165, 1.54) is 31.8 Å². The topological polar surface area (TPSA) is 72.4 Å². The van der Waals surface area contributed by atoms with E-state index in [1.807, 2.05) is 48.5 Å². The maximum atomic E-state index is 6.94. The Morgan fingerprint density at radius 2 is 0.606 bits per heavy atom. The Morgan fingerprint density at radius 1 is 0.333 bits per heavy atom. The molecule has 66 heavy (non-hydrogen) atoms. The standard InChI is InChI=1S/C36H28OP2.C14H12O.2C3H3N2.2Cu/c1-5-17-29(18-6-1)38(30-19-7-2-8-20-30)35-27-15-13-25-33(35)37-34-26-14-16-28-36(34)39(31-21-9-3-10-22-31)32-23-11-4-12-24-32;1-11-7-3-5-9-13(11)15-14-10-6-4-8-12(14)2;2*1-2-4-5-3-1;;/h1-28H;3-10H,1-2H2;2*1-3H;;/q;-2;2*-1;;+1/p+2. The van der Waals surface area contributed by atoms with Crippen molar-refractivity contribution in [2.24, 2.45) is 0 Å². The Bertz CT molecular complexity index is 2520. The molecule has 0 N–H and O–H groups in total. The number of hydrogen-bond donors (Lipinski definition) is 0. The average Bonchev–Trinajstić information content (AvgIpc) is 4.15. The molecule has 2 heterocycles. The summed E-state index contributed by atoms with van der Waals surface area (Å²) < 4.78 is 12.7. The van der Waals surface area contributed by atoms with Gasteiger partial charge in [0.2, 0.25) is 0 Å². The minimum absolute atomic E-state index is 0. The largest absolute Gasteiger partial charge is 1.00 e. The van der Waals surface area contributed by atoms with Crippen LogP contribution in [0.3, 0.4) is 0 Å². The van der Waals surface area contributed by atoms with E-state index < -0.39 is 15.8 Å². The third-order valence-corrected chi connectivity index (χ3v) is 15.2. The van der Waals surface area contributed by atoms with Crippen molar-refractivity contribution in [3.05, 3.63) is 280 Å². The van der Waals surface area contributed by atoms with Gasteiger partial charge in [0.1, 0.15) is 47.7 Å². The Hall–Kier alpha value is -6.58. The second-order valence-corrected chi connectivity index (χ2v) is 19.0. The van der Waals surface area contributed by atoms with Crippen molar-refractivity contribution in [2.75, 3.05) is 0 Å². The van der Waals surface area contributed by atoms with E-state index in [0.717, 1.165) is 34.1 Å². The fourth-order valence-corrected chi connectivity index (χ4v) is 12.0. The first kappa shape index (κ1) is 50.4. The van der Waals surface area contributed by atoms with E-state index in [0.29, 0.717) is 0 Å². The van der Waals surface area contributed by atoms with Crippen molar-refractivity contribution in [1.82, 2.24) is 20.4 Å². The van der Waals surface area contributed by atoms with Crippen LogP contribution in [0.25, 0.3) is 0 Å². The van der Waals surface area contributed by atoms with Gasteiger partial charge in [0.15, 0.2) is 11.5 Å². The number of hydrogen-bond acceptors (Lipinski definition) is 4. The van der Waals surface area contributed by atoms with Crippen LogP contribution in [0.5, 0.6) is 23.0 Å². The van der Waals surface area contributed by atoms with Crippen LogP contribution in [0.2, 0.25) is 0 Å². The normalized spacial score (nSPS) is 9.97. The molecule has 0 spiro atoms. The minimum atomic E-state index is -1.28. The molecule has 0 atom stereocenters. The van der Waals surface area contributed by atoms with Gasteiger partial charge in [-0.2, -0.15) is 49.5 Å². The summed E-state index contributed by atoms with van der Waals surface area (Å²) in [6, 6.07) is 79.5. The van der Waals surface area contributed by atoms with Crippen LogP contribution in [-0.4, -0.2) is 10.2 Å². The molecule has 10 rings (SSSR count). The number of para-hydroxylation sites is 4. The molecule has 0 aliphatic carbocycles. The molecule has 0 aliphatic heterocycles. The zero-order valence-electron chi connectivity index (χ0n) is 35.9. The maximum absolute atomic E-state index is 6.94. The number of aromatic nitrogens is 4. The Balaban J connectivity index is 0.000000246. The zero-order valence-corrected chi connectivity index (χ0v) is 39.8. The van der Waals surface area contributed by atoms with Crippen molar-refractivity contribution in [3.63, 3.8) is 0 Å². The Labute approximate surface area is 412 Å². The van der Waals surface area contributed by atoms with Gasteiger partial charge < -0.3 is 29.9 Å². The summed E-state index contributed by atoms with van der Waals surface area (Å²) in [7, 11) is -2.56. The molecule has 0 unspecified atom stereocenters. The molecule has 6 nitrogen and oxygen atoms in total. The van der Waals surface area contributed by atoms with Crippen LogP contribution in [0.1, 0.15) is 11.1 Å². The van der Waals surface area contributed by atoms with Crippen molar-refractivity contribution in [2.45, 2.75) is 0 Å². The Kier molecular flexibility index (Phi) is 21.1. The van der Waals surface area contributed by atoms with E-state index in [9.17, 15) is 0 Å².